The fourth-order valence-corrected chi connectivity index (χ4v) is 1.42. The summed E-state index contributed by atoms with van der Waals surface area (Å²) in [6.45, 7) is 1.86. The summed E-state index contributed by atoms with van der Waals surface area (Å²) in [5.74, 6) is 0.251. The summed E-state index contributed by atoms with van der Waals surface area (Å²) in [4.78, 5) is 11.6. The maximum absolute atomic E-state index is 11.6. The molecular formula is C12H14N4O2. The van der Waals surface area contributed by atoms with E-state index in [0.717, 1.165) is 5.56 Å². The van der Waals surface area contributed by atoms with Gasteiger partial charge in [0.25, 0.3) is 0 Å². The summed E-state index contributed by atoms with van der Waals surface area (Å²) in [5, 5.41) is 10.1. The van der Waals surface area contributed by atoms with E-state index in [-0.39, 0.29) is 5.91 Å². The number of amides is 1. The summed E-state index contributed by atoms with van der Waals surface area (Å²) >= 11 is 0. The second-order valence-electron chi connectivity index (χ2n) is 3.83. The van der Waals surface area contributed by atoms with Gasteiger partial charge >= 0.3 is 0 Å². The maximum atomic E-state index is 11.6. The Bertz CT molecular complexity index is 507. The predicted molar refractivity (Wildman–Crippen MR) is 66.6 cm³/mol. The van der Waals surface area contributed by atoms with E-state index in [4.69, 9.17) is 10.2 Å². The topological polar surface area (TPSA) is 94.0 Å². The van der Waals surface area contributed by atoms with E-state index in [0.29, 0.717) is 18.0 Å². The summed E-state index contributed by atoms with van der Waals surface area (Å²) < 4.78 is 5.07. The molecule has 0 fully saturated rings. The largest absolute Gasteiger partial charge is 0.423 e. The van der Waals surface area contributed by atoms with Gasteiger partial charge < -0.3 is 15.5 Å². The van der Waals surface area contributed by atoms with E-state index >= 15 is 0 Å². The Morgan fingerprint density at radius 2 is 2.17 bits per heavy atom. The molecule has 1 aromatic carbocycles. The Morgan fingerprint density at radius 1 is 1.44 bits per heavy atom. The summed E-state index contributed by atoms with van der Waals surface area (Å²) in [7, 11) is 0. The molecule has 6 heteroatoms. The van der Waals surface area contributed by atoms with Crippen LogP contribution in [0.1, 0.15) is 13.3 Å². The number of hydrogen-bond acceptors (Lipinski definition) is 5. The highest BCUT2D eigenvalue weighted by Gasteiger charge is 2.11. The third-order valence-corrected chi connectivity index (χ3v) is 2.54. The van der Waals surface area contributed by atoms with E-state index < -0.39 is 6.04 Å². The summed E-state index contributed by atoms with van der Waals surface area (Å²) in [6.07, 6.45) is 1.87. The number of hydrogen-bond donors (Lipinski definition) is 2. The number of rotatable bonds is 4. The third kappa shape index (κ3) is 2.72. The van der Waals surface area contributed by atoms with Gasteiger partial charge in [-0.2, -0.15) is 0 Å². The predicted octanol–water partition coefficient (Wildman–Crippen LogP) is 1.41. The molecule has 0 bridgehead atoms. The van der Waals surface area contributed by atoms with Gasteiger partial charge in [-0.05, 0) is 30.7 Å². The first-order valence-electron chi connectivity index (χ1n) is 5.63. The van der Waals surface area contributed by atoms with Crippen molar-refractivity contribution in [2.45, 2.75) is 19.4 Å². The Hall–Kier alpha value is -2.21. The van der Waals surface area contributed by atoms with Crippen molar-refractivity contribution in [3.05, 3.63) is 30.7 Å². The van der Waals surface area contributed by atoms with Crippen molar-refractivity contribution in [3.63, 3.8) is 0 Å². The van der Waals surface area contributed by atoms with Gasteiger partial charge in [-0.3, -0.25) is 4.79 Å². The Labute approximate surface area is 104 Å². The lowest BCUT2D eigenvalue weighted by molar-refractivity contribution is -0.117. The van der Waals surface area contributed by atoms with Crippen molar-refractivity contribution in [3.8, 4) is 11.5 Å². The maximum Gasteiger partial charge on any atom is 0.247 e. The molecule has 0 aliphatic rings. The van der Waals surface area contributed by atoms with Crippen molar-refractivity contribution in [2.24, 2.45) is 5.73 Å². The zero-order valence-corrected chi connectivity index (χ0v) is 9.96. The second-order valence-corrected chi connectivity index (χ2v) is 3.83. The molecule has 0 saturated heterocycles. The fourth-order valence-electron chi connectivity index (χ4n) is 1.42. The van der Waals surface area contributed by atoms with E-state index in [1.807, 2.05) is 6.92 Å². The normalized spacial score (nSPS) is 12.1. The van der Waals surface area contributed by atoms with Crippen molar-refractivity contribution in [2.75, 3.05) is 5.32 Å². The number of aromatic nitrogens is 2. The molecule has 0 radical (unpaired) electrons. The average Bonchev–Trinajstić information content (AvgIpc) is 2.92. The van der Waals surface area contributed by atoms with Gasteiger partial charge in [-0.1, -0.05) is 6.92 Å². The molecule has 1 aromatic heterocycles. The molecule has 0 saturated carbocycles. The number of nitrogens with zero attached hydrogens (tertiary/aromatic N) is 2. The van der Waals surface area contributed by atoms with Gasteiger partial charge in [0.1, 0.15) is 0 Å². The quantitative estimate of drug-likeness (QED) is 0.850. The molecule has 18 heavy (non-hydrogen) atoms. The van der Waals surface area contributed by atoms with E-state index in [9.17, 15) is 4.79 Å². The van der Waals surface area contributed by atoms with E-state index in [1.54, 1.807) is 24.3 Å². The zero-order valence-electron chi connectivity index (χ0n) is 9.96. The van der Waals surface area contributed by atoms with Crippen molar-refractivity contribution in [1.29, 1.82) is 0 Å². The first-order chi connectivity index (χ1) is 8.70. The van der Waals surface area contributed by atoms with Crippen LogP contribution in [0.25, 0.3) is 11.5 Å². The minimum atomic E-state index is -0.486. The summed E-state index contributed by atoms with van der Waals surface area (Å²) in [6, 6.07) is 6.63. The number of benzene rings is 1. The average molecular weight is 246 g/mol. The lowest BCUT2D eigenvalue weighted by Gasteiger charge is -2.09. The van der Waals surface area contributed by atoms with Crippen LogP contribution in [0.2, 0.25) is 0 Å². The second kappa shape index (κ2) is 5.42. The smallest absolute Gasteiger partial charge is 0.247 e. The number of nitrogens with one attached hydrogen (secondary N) is 1. The Balaban J connectivity index is 2.06. The molecule has 94 valence electrons. The molecule has 3 N–H and O–H groups in total. The van der Waals surface area contributed by atoms with Crippen molar-refractivity contribution >= 4 is 11.6 Å². The van der Waals surface area contributed by atoms with E-state index in [2.05, 4.69) is 15.5 Å². The lowest BCUT2D eigenvalue weighted by Crippen LogP contribution is -2.34. The van der Waals surface area contributed by atoms with Gasteiger partial charge in [0, 0.05) is 11.3 Å². The van der Waals surface area contributed by atoms with Crippen LogP contribution in [0.4, 0.5) is 5.69 Å². The highest BCUT2D eigenvalue weighted by molar-refractivity contribution is 5.94. The minimum absolute atomic E-state index is 0.192. The van der Waals surface area contributed by atoms with Crippen LogP contribution in [0, 0.1) is 0 Å². The first kappa shape index (κ1) is 12.3. The van der Waals surface area contributed by atoms with Gasteiger partial charge in [-0.25, -0.2) is 0 Å². The third-order valence-electron chi connectivity index (χ3n) is 2.54. The monoisotopic (exact) mass is 246 g/mol. The molecule has 2 rings (SSSR count). The van der Waals surface area contributed by atoms with Crippen LogP contribution in [-0.2, 0) is 4.79 Å². The molecule has 0 unspecified atom stereocenters. The molecule has 2 aromatic rings. The zero-order chi connectivity index (χ0) is 13.0. The number of carbonyl (C=O) groups excluding carboxylic acids is 1. The molecule has 1 atom stereocenters. The minimum Gasteiger partial charge on any atom is -0.423 e. The Morgan fingerprint density at radius 3 is 2.72 bits per heavy atom. The molecule has 1 amide bonds. The molecular weight excluding hydrogens is 232 g/mol. The molecule has 1 heterocycles. The van der Waals surface area contributed by atoms with Crippen LogP contribution in [-0.4, -0.2) is 22.1 Å². The number of anilines is 1. The van der Waals surface area contributed by atoms with Crippen LogP contribution in [0.5, 0.6) is 0 Å². The number of nitrogens with two attached hydrogens (primary N) is 1. The lowest BCUT2D eigenvalue weighted by atomic mass is 10.2. The van der Waals surface area contributed by atoms with Gasteiger partial charge in [0.05, 0.1) is 6.04 Å². The molecule has 6 nitrogen and oxygen atoms in total. The molecule has 0 aliphatic carbocycles. The standard InChI is InChI=1S/C12H14N4O2/c1-2-10(13)11(17)15-9-5-3-8(4-6-9)12-16-14-7-18-12/h3-7,10H,2,13H2,1H3,(H,15,17)/t10-/m0/s1. The van der Waals surface area contributed by atoms with Crippen LogP contribution in [0.15, 0.2) is 35.1 Å². The van der Waals surface area contributed by atoms with Crippen LogP contribution >= 0.6 is 0 Å². The molecule has 0 spiro atoms. The van der Waals surface area contributed by atoms with Gasteiger partial charge in [0.15, 0.2) is 0 Å². The van der Waals surface area contributed by atoms with Crippen molar-refractivity contribution < 1.29 is 9.21 Å². The molecule has 0 aliphatic heterocycles. The number of carbonyl (C=O) groups is 1. The Kier molecular flexibility index (Phi) is 3.69. The van der Waals surface area contributed by atoms with Gasteiger partial charge in [0.2, 0.25) is 18.2 Å². The van der Waals surface area contributed by atoms with Gasteiger partial charge in [-0.15, -0.1) is 10.2 Å². The van der Waals surface area contributed by atoms with Crippen LogP contribution in [0.3, 0.4) is 0 Å². The first-order valence-corrected chi connectivity index (χ1v) is 5.63. The highest BCUT2D eigenvalue weighted by atomic mass is 16.4. The fraction of sp³-hybridized carbons (Fsp3) is 0.250. The highest BCUT2D eigenvalue weighted by Crippen LogP contribution is 2.18. The van der Waals surface area contributed by atoms with Crippen molar-refractivity contribution in [1.82, 2.24) is 10.2 Å². The SMILES string of the molecule is CC[C@H](N)C(=O)Nc1ccc(-c2nnco2)cc1. The van der Waals surface area contributed by atoms with E-state index in [1.165, 1.54) is 6.39 Å². The van der Waals surface area contributed by atoms with Crippen LogP contribution < -0.4 is 11.1 Å². The summed E-state index contributed by atoms with van der Waals surface area (Å²) in [5.41, 5.74) is 7.11.